The van der Waals surface area contributed by atoms with Crippen molar-refractivity contribution in [1.29, 1.82) is 0 Å². The Morgan fingerprint density at radius 3 is 2.54 bits per heavy atom. The monoisotopic (exact) mass is 185 g/mol. The zero-order valence-electron chi connectivity index (χ0n) is 8.34. The van der Waals surface area contributed by atoms with E-state index in [2.05, 4.69) is 18.2 Å². The SMILES string of the molecule is C=C(C)C(=O)OC([O])CCCCC. The Bertz CT molecular complexity index is 175. The minimum Gasteiger partial charge on any atom is -0.430 e. The third kappa shape index (κ3) is 6.34. The summed E-state index contributed by atoms with van der Waals surface area (Å²) >= 11 is 0. The van der Waals surface area contributed by atoms with Crippen LogP contribution < -0.4 is 0 Å². The largest absolute Gasteiger partial charge is 0.430 e. The third-order valence-corrected chi connectivity index (χ3v) is 1.63. The molecule has 0 aromatic carbocycles. The normalized spacial score (nSPS) is 12.2. The van der Waals surface area contributed by atoms with Crippen LogP contribution in [0.4, 0.5) is 0 Å². The molecule has 1 unspecified atom stereocenters. The van der Waals surface area contributed by atoms with E-state index in [4.69, 9.17) is 0 Å². The topological polar surface area (TPSA) is 46.2 Å². The van der Waals surface area contributed by atoms with Crippen LogP contribution in [0.1, 0.15) is 39.5 Å². The highest BCUT2D eigenvalue weighted by Crippen LogP contribution is 2.06. The molecular formula is C10H17O3. The Hall–Kier alpha value is -0.830. The predicted octanol–water partition coefficient (Wildman–Crippen LogP) is 2.44. The number of hydrogen-bond donors (Lipinski definition) is 0. The molecule has 1 atom stereocenters. The van der Waals surface area contributed by atoms with Gasteiger partial charge < -0.3 is 4.74 Å². The van der Waals surface area contributed by atoms with Crippen molar-refractivity contribution in [2.75, 3.05) is 0 Å². The lowest BCUT2D eigenvalue weighted by Crippen LogP contribution is -2.16. The van der Waals surface area contributed by atoms with E-state index in [0.29, 0.717) is 6.42 Å². The van der Waals surface area contributed by atoms with Crippen LogP contribution in [-0.2, 0) is 14.6 Å². The van der Waals surface area contributed by atoms with Crippen molar-refractivity contribution in [3.63, 3.8) is 0 Å². The van der Waals surface area contributed by atoms with Gasteiger partial charge in [0, 0.05) is 12.0 Å². The quantitative estimate of drug-likeness (QED) is 0.276. The fourth-order valence-corrected chi connectivity index (χ4v) is 0.840. The van der Waals surface area contributed by atoms with Gasteiger partial charge in [-0.1, -0.05) is 26.3 Å². The molecule has 0 saturated carbocycles. The molecule has 0 fully saturated rings. The summed E-state index contributed by atoms with van der Waals surface area (Å²) in [6.07, 6.45) is 2.04. The van der Waals surface area contributed by atoms with E-state index in [1.54, 1.807) is 0 Å². The maximum atomic E-state index is 11.0. The molecule has 1 radical (unpaired) electrons. The maximum absolute atomic E-state index is 11.0. The molecule has 75 valence electrons. The van der Waals surface area contributed by atoms with Crippen molar-refractivity contribution in [2.45, 2.75) is 45.8 Å². The first-order valence-corrected chi connectivity index (χ1v) is 4.60. The van der Waals surface area contributed by atoms with Crippen LogP contribution >= 0.6 is 0 Å². The van der Waals surface area contributed by atoms with Gasteiger partial charge in [-0.05, 0) is 13.3 Å². The van der Waals surface area contributed by atoms with Crippen molar-refractivity contribution in [3.05, 3.63) is 12.2 Å². The number of carbonyl (C=O) groups is 1. The van der Waals surface area contributed by atoms with Gasteiger partial charge in [0.25, 0.3) is 0 Å². The first-order valence-electron chi connectivity index (χ1n) is 4.60. The van der Waals surface area contributed by atoms with Gasteiger partial charge in [-0.2, -0.15) is 5.11 Å². The fourth-order valence-electron chi connectivity index (χ4n) is 0.840. The number of hydrogen-bond acceptors (Lipinski definition) is 2. The highest BCUT2D eigenvalue weighted by molar-refractivity contribution is 5.86. The summed E-state index contributed by atoms with van der Waals surface area (Å²) in [5.74, 6) is -0.587. The van der Waals surface area contributed by atoms with E-state index in [-0.39, 0.29) is 5.57 Å². The first kappa shape index (κ1) is 12.2. The number of esters is 1. The first-order chi connectivity index (χ1) is 6.07. The highest BCUT2D eigenvalue weighted by atomic mass is 16.6. The summed E-state index contributed by atoms with van der Waals surface area (Å²) in [7, 11) is 0. The molecule has 0 bridgehead atoms. The summed E-state index contributed by atoms with van der Waals surface area (Å²) in [5, 5.41) is 11.0. The second-order valence-corrected chi connectivity index (χ2v) is 3.11. The van der Waals surface area contributed by atoms with Crippen LogP contribution in [0.3, 0.4) is 0 Å². The zero-order valence-corrected chi connectivity index (χ0v) is 8.34. The minimum absolute atomic E-state index is 0.274. The number of rotatable bonds is 6. The van der Waals surface area contributed by atoms with Crippen LogP contribution in [-0.4, -0.2) is 12.3 Å². The Morgan fingerprint density at radius 2 is 2.08 bits per heavy atom. The Kier molecular flexibility index (Phi) is 6.24. The van der Waals surface area contributed by atoms with E-state index >= 15 is 0 Å². The predicted molar refractivity (Wildman–Crippen MR) is 49.5 cm³/mol. The van der Waals surface area contributed by atoms with Gasteiger partial charge in [0.15, 0.2) is 0 Å². The van der Waals surface area contributed by atoms with Gasteiger partial charge in [-0.25, -0.2) is 4.79 Å². The van der Waals surface area contributed by atoms with Gasteiger partial charge in [0.1, 0.15) is 0 Å². The zero-order chi connectivity index (χ0) is 10.3. The molecule has 3 nitrogen and oxygen atoms in total. The van der Waals surface area contributed by atoms with Crippen LogP contribution in [0, 0.1) is 0 Å². The van der Waals surface area contributed by atoms with Gasteiger partial charge in [0.05, 0.1) is 0 Å². The number of unbranched alkanes of at least 4 members (excludes halogenated alkanes) is 2. The number of ether oxygens (including phenoxy) is 1. The van der Waals surface area contributed by atoms with Gasteiger partial charge in [0.2, 0.25) is 6.29 Å². The molecule has 0 aliphatic heterocycles. The van der Waals surface area contributed by atoms with E-state index in [1.165, 1.54) is 6.92 Å². The van der Waals surface area contributed by atoms with E-state index in [1.807, 2.05) is 0 Å². The van der Waals surface area contributed by atoms with Crippen molar-refractivity contribution in [3.8, 4) is 0 Å². The highest BCUT2D eigenvalue weighted by Gasteiger charge is 2.11. The van der Waals surface area contributed by atoms with Crippen molar-refractivity contribution < 1.29 is 14.6 Å². The minimum atomic E-state index is -1.23. The van der Waals surface area contributed by atoms with E-state index < -0.39 is 12.3 Å². The van der Waals surface area contributed by atoms with Crippen LogP contribution in [0.25, 0.3) is 0 Å². The average molecular weight is 185 g/mol. The van der Waals surface area contributed by atoms with Crippen LogP contribution in [0.5, 0.6) is 0 Å². The molecule has 0 aliphatic carbocycles. The molecule has 3 heteroatoms. The van der Waals surface area contributed by atoms with Crippen molar-refractivity contribution in [1.82, 2.24) is 0 Å². The van der Waals surface area contributed by atoms with Crippen LogP contribution in [0.15, 0.2) is 12.2 Å². The molecule has 13 heavy (non-hydrogen) atoms. The lowest BCUT2D eigenvalue weighted by molar-refractivity contribution is -0.175. The molecule has 0 aliphatic rings. The van der Waals surface area contributed by atoms with Gasteiger partial charge >= 0.3 is 5.97 Å². The van der Waals surface area contributed by atoms with Gasteiger partial charge in [-0.3, -0.25) is 0 Å². The molecule has 0 N–H and O–H groups in total. The van der Waals surface area contributed by atoms with E-state index in [0.717, 1.165) is 19.3 Å². The standard InChI is InChI=1S/C10H17O3/c1-4-5-6-7-9(11)13-10(12)8(2)3/h9H,2,4-7H2,1,3H3. The molecule has 0 aromatic heterocycles. The molecule has 0 spiro atoms. The molecule has 0 amide bonds. The summed E-state index contributed by atoms with van der Waals surface area (Å²) < 4.78 is 4.56. The lowest BCUT2D eigenvalue weighted by atomic mass is 10.2. The summed E-state index contributed by atoms with van der Waals surface area (Å²) in [5.41, 5.74) is 0.274. The summed E-state index contributed by atoms with van der Waals surface area (Å²) in [4.78, 5) is 10.9. The maximum Gasteiger partial charge on any atom is 0.335 e. The molecule has 0 aromatic rings. The van der Waals surface area contributed by atoms with E-state index in [9.17, 15) is 9.90 Å². The Morgan fingerprint density at radius 1 is 1.46 bits per heavy atom. The lowest BCUT2D eigenvalue weighted by Gasteiger charge is -2.09. The third-order valence-electron chi connectivity index (χ3n) is 1.63. The van der Waals surface area contributed by atoms with Crippen molar-refractivity contribution in [2.24, 2.45) is 0 Å². The van der Waals surface area contributed by atoms with Gasteiger partial charge in [-0.15, -0.1) is 0 Å². The Labute approximate surface area is 79.4 Å². The molecule has 0 rings (SSSR count). The molecular weight excluding hydrogens is 168 g/mol. The fraction of sp³-hybridized carbons (Fsp3) is 0.700. The van der Waals surface area contributed by atoms with Crippen LogP contribution in [0.2, 0.25) is 0 Å². The number of carbonyl (C=O) groups excluding carboxylic acids is 1. The summed E-state index contributed by atoms with van der Waals surface area (Å²) in [6, 6.07) is 0. The smallest absolute Gasteiger partial charge is 0.335 e. The summed E-state index contributed by atoms with van der Waals surface area (Å²) in [6.45, 7) is 6.98. The molecule has 0 heterocycles. The second kappa shape index (κ2) is 6.66. The molecule has 0 saturated heterocycles. The Balaban J connectivity index is 3.55. The second-order valence-electron chi connectivity index (χ2n) is 3.11. The van der Waals surface area contributed by atoms with Crippen molar-refractivity contribution >= 4 is 5.97 Å². The average Bonchev–Trinajstić information content (AvgIpc) is 2.04.